The molecule has 2 rings (SSSR count). The highest BCUT2D eigenvalue weighted by atomic mass is 35.5. The van der Waals surface area contributed by atoms with Crippen LogP contribution in [0.15, 0.2) is 28.7 Å². The largest absolute Gasteiger partial charge is 0.483 e. The van der Waals surface area contributed by atoms with Crippen molar-refractivity contribution in [2.75, 3.05) is 7.11 Å². The van der Waals surface area contributed by atoms with Crippen LogP contribution in [-0.4, -0.2) is 13.1 Å². The van der Waals surface area contributed by atoms with Crippen molar-refractivity contribution in [1.82, 2.24) is 0 Å². The minimum atomic E-state index is -0.557. The molecule has 0 aliphatic heterocycles. The number of rotatable bonds is 4. The number of methoxy groups -OCH3 is 1. The Morgan fingerprint density at radius 2 is 1.85 bits per heavy atom. The predicted molar refractivity (Wildman–Crippen MR) is 75.9 cm³/mol. The fourth-order valence-electron chi connectivity index (χ4n) is 1.48. The zero-order chi connectivity index (χ0) is 14.7. The monoisotopic (exact) mass is 334 g/mol. The van der Waals surface area contributed by atoms with Gasteiger partial charge in [0.15, 0.2) is 5.75 Å². The van der Waals surface area contributed by atoms with Crippen LogP contribution in [0.3, 0.4) is 0 Å². The number of hydrogen-bond donors (Lipinski definition) is 0. The second-order valence-corrected chi connectivity index (χ2v) is 5.00. The van der Waals surface area contributed by atoms with Gasteiger partial charge < -0.3 is 13.9 Å². The van der Waals surface area contributed by atoms with Gasteiger partial charge >= 0.3 is 5.97 Å². The van der Waals surface area contributed by atoms with E-state index in [0.29, 0.717) is 26.6 Å². The summed E-state index contributed by atoms with van der Waals surface area (Å²) in [6, 6.07) is 6.14. The van der Waals surface area contributed by atoms with E-state index in [1.165, 1.54) is 25.3 Å². The highest BCUT2D eigenvalue weighted by Crippen LogP contribution is 2.36. The molecule has 2 aromatic rings. The average Bonchev–Trinajstić information content (AvgIpc) is 2.85. The van der Waals surface area contributed by atoms with E-state index in [4.69, 9.17) is 44.0 Å². The third kappa shape index (κ3) is 3.39. The molecule has 7 heteroatoms. The Balaban J connectivity index is 2.09. The van der Waals surface area contributed by atoms with Crippen molar-refractivity contribution in [2.45, 2.75) is 6.61 Å². The molecule has 0 N–H and O–H groups in total. The van der Waals surface area contributed by atoms with Gasteiger partial charge in [-0.15, -0.1) is 0 Å². The van der Waals surface area contributed by atoms with Gasteiger partial charge in [0.25, 0.3) is 0 Å². The lowest BCUT2D eigenvalue weighted by Crippen LogP contribution is -1.99. The standard InChI is InChI=1S/C13H9Cl3O4/c1-18-13(17)11-3-2-8(20-11)6-19-12-9(15)4-7(14)5-10(12)16/h2-5H,6H2,1H3. The van der Waals surface area contributed by atoms with Crippen LogP contribution in [0.4, 0.5) is 0 Å². The van der Waals surface area contributed by atoms with Gasteiger partial charge in [-0.3, -0.25) is 0 Å². The van der Waals surface area contributed by atoms with Crippen LogP contribution < -0.4 is 4.74 Å². The number of hydrogen-bond acceptors (Lipinski definition) is 4. The van der Waals surface area contributed by atoms with E-state index in [9.17, 15) is 4.79 Å². The van der Waals surface area contributed by atoms with E-state index in [-0.39, 0.29) is 12.4 Å². The Labute approximate surface area is 130 Å². The molecular formula is C13H9Cl3O4. The molecule has 0 amide bonds. The molecule has 1 aromatic carbocycles. The maximum atomic E-state index is 11.2. The summed E-state index contributed by atoms with van der Waals surface area (Å²) in [4.78, 5) is 11.2. The molecule has 0 atom stereocenters. The second kappa shape index (κ2) is 6.39. The van der Waals surface area contributed by atoms with Crippen molar-refractivity contribution >= 4 is 40.8 Å². The van der Waals surface area contributed by atoms with Crippen LogP contribution >= 0.6 is 34.8 Å². The molecule has 0 aliphatic carbocycles. The van der Waals surface area contributed by atoms with Gasteiger partial charge in [0.05, 0.1) is 17.2 Å². The minimum absolute atomic E-state index is 0.0675. The van der Waals surface area contributed by atoms with E-state index in [2.05, 4.69) is 4.74 Å². The van der Waals surface area contributed by atoms with Crippen LogP contribution in [0, 0.1) is 0 Å². The zero-order valence-electron chi connectivity index (χ0n) is 10.3. The van der Waals surface area contributed by atoms with E-state index < -0.39 is 5.97 Å². The van der Waals surface area contributed by atoms with E-state index in [1.54, 1.807) is 6.07 Å². The van der Waals surface area contributed by atoms with Crippen molar-refractivity contribution in [3.8, 4) is 5.75 Å². The minimum Gasteiger partial charge on any atom is -0.483 e. The van der Waals surface area contributed by atoms with Gasteiger partial charge in [-0.25, -0.2) is 4.79 Å². The molecule has 0 spiro atoms. The highest BCUT2D eigenvalue weighted by Gasteiger charge is 2.13. The molecule has 106 valence electrons. The summed E-state index contributed by atoms with van der Waals surface area (Å²) in [5, 5.41) is 1.00. The fourth-order valence-corrected chi connectivity index (χ4v) is 2.40. The Kier molecular flexibility index (Phi) is 4.81. The lowest BCUT2D eigenvalue weighted by Gasteiger charge is -2.08. The lowest BCUT2D eigenvalue weighted by molar-refractivity contribution is 0.0561. The fraction of sp³-hybridized carbons (Fsp3) is 0.154. The quantitative estimate of drug-likeness (QED) is 0.766. The Morgan fingerprint density at radius 1 is 1.20 bits per heavy atom. The number of esters is 1. The number of ether oxygens (including phenoxy) is 2. The first-order valence-corrected chi connectivity index (χ1v) is 6.59. The number of furan rings is 1. The van der Waals surface area contributed by atoms with Gasteiger partial charge in [0.2, 0.25) is 5.76 Å². The second-order valence-electron chi connectivity index (χ2n) is 3.74. The van der Waals surface area contributed by atoms with Crippen molar-refractivity contribution in [2.24, 2.45) is 0 Å². The van der Waals surface area contributed by atoms with E-state index in [1.807, 2.05) is 0 Å². The molecular weight excluding hydrogens is 326 g/mol. The predicted octanol–water partition coefficient (Wildman–Crippen LogP) is 4.61. The Morgan fingerprint density at radius 3 is 2.45 bits per heavy atom. The maximum absolute atomic E-state index is 11.2. The summed E-state index contributed by atoms with van der Waals surface area (Å²) in [6.07, 6.45) is 0. The number of halogens is 3. The maximum Gasteiger partial charge on any atom is 0.373 e. The molecule has 0 saturated carbocycles. The molecule has 0 fully saturated rings. The summed E-state index contributed by atoms with van der Waals surface area (Å²) >= 11 is 17.8. The first-order chi connectivity index (χ1) is 9.51. The molecule has 0 radical (unpaired) electrons. The molecule has 1 heterocycles. The van der Waals surface area contributed by atoms with Gasteiger partial charge in [-0.1, -0.05) is 34.8 Å². The summed E-state index contributed by atoms with van der Waals surface area (Å²) in [5.41, 5.74) is 0. The molecule has 0 unspecified atom stereocenters. The van der Waals surface area contributed by atoms with Crippen molar-refractivity contribution in [1.29, 1.82) is 0 Å². The van der Waals surface area contributed by atoms with Crippen LogP contribution in [0.1, 0.15) is 16.3 Å². The van der Waals surface area contributed by atoms with Crippen LogP contribution in [0.25, 0.3) is 0 Å². The summed E-state index contributed by atoms with van der Waals surface area (Å²) in [7, 11) is 1.27. The van der Waals surface area contributed by atoms with Crippen molar-refractivity contribution in [3.63, 3.8) is 0 Å². The molecule has 0 aliphatic rings. The lowest BCUT2D eigenvalue weighted by atomic mass is 10.3. The highest BCUT2D eigenvalue weighted by molar-refractivity contribution is 6.40. The van der Waals surface area contributed by atoms with Gasteiger partial charge in [-0.2, -0.15) is 0 Å². The molecule has 1 aromatic heterocycles. The summed E-state index contributed by atoms with van der Waals surface area (Å²) < 4.78 is 15.3. The SMILES string of the molecule is COC(=O)c1ccc(COc2c(Cl)cc(Cl)cc2Cl)o1. The van der Waals surface area contributed by atoms with Crippen molar-refractivity contribution in [3.05, 3.63) is 50.9 Å². The summed E-state index contributed by atoms with van der Waals surface area (Å²) in [6.45, 7) is 0.0675. The third-order valence-electron chi connectivity index (χ3n) is 2.37. The first-order valence-electron chi connectivity index (χ1n) is 5.45. The third-order valence-corrected chi connectivity index (χ3v) is 3.15. The Hall–Kier alpha value is -1.36. The topological polar surface area (TPSA) is 48.7 Å². The number of carbonyl (C=O) groups is 1. The molecule has 20 heavy (non-hydrogen) atoms. The normalized spacial score (nSPS) is 10.4. The van der Waals surface area contributed by atoms with Crippen LogP contribution in [0.2, 0.25) is 15.1 Å². The van der Waals surface area contributed by atoms with Crippen molar-refractivity contribution < 1.29 is 18.7 Å². The molecule has 4 nitrogen and oxygen atoms in total. The number of benzene rings is 1. The molecule has 0 bridgehead atoms. The van der Waals surface area contributed by atoms with Crippen LogP contribution in [-0.2, 0) is 11.3 Å². The van der Waals surface area contributed by atoms with E-state index in [0.717, 1.165) is 0 Å². The zero-order valence-corrected chi connectivity index (χ0v) is 12.6. The van der Waals surface area contributed by atoms with Gasteiger partial charge in [0, 0.05) is 5.02 Å². The van der Waals surface area contributed by atoms with E-state index >= 15 is 0 Å². The first kappa shape index (κ1) is 15.0. The van der Waals surface area contributed by atoms with Gasteiger partial charge in [0.1, 0.15) is 12.4 Å². The number of carbonyl (C=O) groups excluding carboxylic acids is 1. The summed E-state index contributed by atoms with van der Waals surface area (Å²) in [5.74, 6) is 0.277. The molecule has 0 saturated heterocycles. The smallest absolute Gasteiger partial charge is 0.373 e. The average molecular weight is 336 g/mol. The Bertz CT molecular complexity index is 613. The van der Waals surface area contributed by atoms with Crippen LogP contribution in [0.5, 0.6) is 5.75 Å². The van der Waals surface area contributed by atoms with Gasteiger partial charge in [-0.05, 0) is 24.3 Å².